The molecule has 0 N–H and O–H groups in total. The Hall–Kier alpha value is -9.58. The summed E-state index contributed by atoms with van der Waals surface area (Å²) in [4.78, 5) is 7.57. The summed E-state index contributed by atoms with van der Waals surface area (Å²) in [6.45, 7) is -2.38. The van der Waals surface area contributed by atoms with Crippen LogP contribution in [-0.4, -0.2) is 18.7 Å². The largest absolute Gasteiger partial charge is 0.308 e. The Labute approximate surface area is 423 Å². The number of imidazole rings is 1. The Bertz CT molecular complexity index is 4110. The molecule has 0 amide bonds. The molecule has 5 heteroatoms. The van der Waals surface area contributed by atoms with E-state index in [1.807, 2.05) is 41.1 Å². The second kappa shape index (κ2) is 18.1. The zero-order chi connectivity index (χ0) is 50.5. The third-order valence-corrected chi connectivity index (χ3v) is 13.8. The van der Waals surface area contributed by atoms with Gasteiger partial charge in [-0.1, -0.05) is 182 Å². The molecule has 13 aromatic rings. The number of nitrogens with zero attached hydrogens (tertiary/aromatic N) is 5. The molecule has 0 saturated carbocycles. The van der Waals surface area contributed by atoms with E-state index < -0.39 is 6.98 Å². The Morgan fingerprint density at radius 3 is 1.54 bits per heavy atom. The van der Waals surface area contributed by atoms with Crippen LogP contribution in [0.1, 0.15) is 4.11 Å². The first-order valence-corrected chi connectivity index (χ1v) is 24.3. The second-order valence-corrected chi connectivity index (χ2v) is 18.1. The molecule has 0 unspecified atom stereocenters. The molecule has 340 valence electrons. The number of para-hydroxylation sites is 4. The van der Waals surface area contributed by atoms with Gasteiger partial charge in [0.15, 0.2) is 17.4 Å². The lowest BCUT2D eigenvalue weighted by molar-refractivity contribution is 0.911. The molecule has 5 nitrogen and oxygen atoms in total. The molecule has 0 bridgehead atoms. The van der Waals surface area contributed by atoms with E-state index in [1.165, 1.54) is 4.57 Å². The standard InChI is InChI=1S/C67H48N5/c1-69-46-70(63-38-17-16-37-62(63)69)52-29-18-30-53(44-52)71(67-57(49-25-10-4-11-26-49)34-20-35-58(67)50-27-12-5-13-28-50)54-39-40-60-59-31-14-15-36-61(59)72(64(60)45-54)65-43-51(41-42-68-65)66-55(47-21-6-2-7-22-47)32-19-33-56(66)48-23-8-3-9-24-48/h2-46H,1H3/q+1/i1D3. The summed E-state index contributed by atoms with van der Waals surface area (Å²) < 4.78 is 31.1. The number of hydrogen-bond donors (Lipinski definition) is 0. The van der Waals surface area contributed by atoms with Crippen LogP contribution in [0.4, 0.5) is 17.1 Å². The fourth-order valence-corrected chi connectivity index (χ4v) is 10.6. The zero-order valence-electron chi connectivity index (χ0n) is 42.2. The highest BCUT2D eigenvalue weighted by Gasteiger charge is 2.26. The molecule has 72 heavy (non-hydrogen) atoms. The topological polar surface area (TPSA) is 30.9 Å². The van der Waals surface area contributed by atoms with Crippen LogP contribution in [0.5, 0.6) is 0 Å². The average molecular weight is 926 g/mol. The number of fused-ring (bicyclic) bond motifs is 4. The van der Waals surface area contributed by atoms with Gasteiger partial charge in [-0.2, -0.15) is 4.57 Å². The number of hydrogen-bond acceptors (Lipinski definition) is 2. The normalized spacial score (nSPS) is 12.2. The molecule has 0 radical (unpaired) electrons. The Kier molecular flexibility index (Phi) is 9.85. The number of rotatable bonds is 10. The van der Waals surface area contributed by atoms with Crippen molar-refractivity contribution in [2.45, 2.75) is 0 Å². The summed E-state index contributed by atoms with van der Waals surface area (Å²) >= 11 is 0. The van der Waals surface area contributed by atoms with Crippen molar-refractivity contribution >= 4 is 49.9 Å². The van der Waals surface area contributed by atoms with Gasteiger partial charge in [-0.25, -0.2) is 9.55 Å². The van der Waals surface area contributed by atoms with Crippen LogP contribution in [-0.2, 0) is 6.98 Å². The summed E-state index contributed by atoms with van der Waals surface area (Å²) in [6, 6.07) is 91.3. The maximum Gasteiger partial charge on any atom is 0.191 e. The van der Waals surface area contributed by atoms with Gasteiger partial charge in [0.1, 0.15) is 11.5 Å². The van der Waals surface area contributed by atoms with Gasteiger partial charge >= 0.3 is 0 Å². The molecule has 0 saturated heterocycles. The maximum atomic E-state index is 8.48. The van der Waals surface area contributed by atoms with E-state index in [0.29, 0.717) is 5.52 Å². The van der Waals surface area contributed by atoms with Crippen molar-refractivity contribution in [3.8, 4) is 67.1 Å². The van der Waals surface area contributed by atoms with E-state index in [4.69, 9.17) is 9.10 Å². The zero-order valence-corrected chi connectivity index (χ0v) is 39.2. The van der Waals surface area contributed by atoms with E-state index in [0.717, 1.165) is 112 Å². The highest BCUT2D eigenvalue weighted by Crippen LogP contribution is 2.49. The summed E-state index contributed by atoms with van der Waals surface area (Å²) in [6.07, 6.45) is 3.63. The highest BCUT2D eigenvalue weighted by molar-refractivity contribution is 6.11. The fraction of sp³-hybridized carbons (Fsp3) is 0.0149. The third-order valence-electron chi connectivity index (χ3n) is 13.8. The quantitative estimate of drug-likeness (QED) is 0.128. The van der Waals surface area contributed by atoms with Crippen molar-refractivity contribution in [2.75, 3.05) is 4.90 Å². The molecule has 0 fully saturated rings. The smallest absolute Gasteiger partial charge is 0.191 e. The monoisotopic (exact) mass is 925 g/mol. The van der Waals surface area contributed by atoms with E-state index in [-0.39, 0.29) is 0 Å². The van der Waals surface area contributed by atoms with Crippen LogP contribution in [0, 0.1) is 0 Å². The molecule has 0 spiro atoms. The number of anilines is 3. The van der Waals surface area contributed by atoms with Crippen LogP contribution >= 0.6 is 0 Å². The number of pyridine rings is 1. The van der Waals surface area contributed by atoms with Crippen LogP contribution < -0.4 is 4.90 Å². The first-order chi connectivity index (χ1) is 36.9. The highest BCUT2D eigenvalue weighted by atomic mass is 15.2. The molecule has 0 atom stereocenters. The molecule has 13 rings (SSSR count). The lowest BCUT2D eigenvalue weighted by Crippen LogP contribution is -2.13. The van der Waals surface area contributed by atoms with Gasteiger partial charge in [0, 0.05) is 69.1 Å². The molecular formula is C67H48N5+. The van der Waals surface area contributed by atoms with Gasteiger partial charge in [0.25, 0.3) is 0 Å². The molecule has 10 aromatic carbocycles. The van der Waals surface area contributed by atoms with Gasteiger partial charge in [-0.05, 0) is 99.1 Å². The van der Waals surface area contributed by atoms with Gasteiger partial charge in [0.05, 0.1) is 22.4 Å². The molecule has 0 aliphatic rings. The van der Waals surface area contributed by atoms with E-state index in [1.54, 1.807) is 6.33 Å². The predicted molar refractivity (Wildman–Crippen MR) is 301 cm³/mol. The maximum absolute atomic E-state index is 8.48. The van der Waals surface area contributed by atoms with Gasteiger partial charge in [-0.3, -0.25) is 4.57 Å². The molecule has 3 aromatic heterocycles. The summed E-state index contributed by atoms with van der Waals surface area (Å²) in [7, 11) is 0. The van der Waals surface area contributed by atoms with E-state index in [2.05, 4.69) is 240 Å². The number of aromatic nitrogens is 4. The van der Waals surface area contributed by atoms with Crippen molar-refractivity contribution in [3.63, 3.8) is 0 Å². The van der Waals surface area contributed by atoms with Gasteiger partial charge < -0.3 is 4.90 Å². The molecule has 0 aliphatic carbocycles. The number of aryl methyl sites for hydroxylation is 1. The van der Waals surface area contributed by atoms with Crippen molar-refractivity contribution in [2.24, 2.45) is 6.98 Å². The number of benzene rings is 10. The lowest BCUT2D eigenvalue weighted by Gasteiger charge is -2.30. The lowest BCUT2D eigenvalue weighted by atomic mass is 9.88. The van der Waals surface area contributed by atoms with Crippen LogP contribution in [0.3, 0.4) is 0 Å². The van der Waals surface area contributed by atoms with Crippen molar-refractivity contribution < 1.29 is 4.11 Å². The summed E-state index contributed by atoms with van der Waals surface area (Å²) in [5, 5.41) is 2.21. The summed E-state index contributed by atoms with van der Waals surface area (Å²) in [5.74, 6) is 0.794. The Balaban J connectivity index is 1.07. The van der Waals surface area contributed by atoms with Crippen LogP contribution in [0.25, 0.3) is 100.0 Å². The van der Waals surface area contributed by atoms with Crippen molar-refractivity contribution in [3.05, 3.63) is 273 Å². The molecule has 0 aliphatic heterocycles. The predicted octanol–water partition coefficient (Wildman–Crippen LogP) is 17.5. The van der Waals surface area contributed by atoms with Gasteiger partial charge in [0.2, 0.25) is 0 Å². The second-order valence-electron chi connectivity index (χ2n) is 18.1. The third kappa shape index (κ3) is 7.43. The van der Waals surface area contributed by atoms with Gasteiger partial charge in [-0.15, -0.1) is 0 Å². The SMILES string of the molecule is [2H]C([2H])([2H])n1[cH+]n(-c2cccc(N(c3ccc4c5ccccc5n(-c5cc(-c6c(-c7ccccc7)cccc6-c6ccccc6)ccn5)c4c3)c3c(-c4ccccc4)cccc3-c3ccccc3)c2)c2ccccc21. The van der Waals surface area contributed by atoms with Crippen molar-refractivity contribution in [1.82, 2.24) is 18.7 Å². The van der Waals surface area contributed by atoms with Crippen LogP contribution in [0.15, 0.2) is 273 Å². The molecule has 3 heterocycles. The van der Waals surface area contributed by atoms with E-state index >= 15 is 0 Å². The first-order valence-electron chi connectivity index (χ1n) is 25.8. The molecular weight excluding hydrogens is 875 g/mol. The first kappa shape index (κ1) is 39.3. The minimum atomic E-state index is -2.38. The summed E-state index contributed by atoms with van der Waals surface area (Å²) in [5.41, 5.74) is 18.1. The van der Waals surface area contributed by atoms with E-state index in [9.17, 15) is 0 Å². The fourth-order valence-electron chi connectivity index (χ4n) is 10.6. The minimum absolute atomic E-state index is 0.622. The van der Waals surface area contributed by atoms with Crippen LogP contribution in [0.2, 0.25) is 0 Å². The Morgan fingerprint density at radius 1 is 0.403 bits per heavy atom. The van der Waals surface area contributed by atoms with Crippen molar-refractivity contribution in [1.29, 1.82) is 0 Å². The Morgan fingerprint density at radius 2 is 0.917 bits per heavy atom. The average Bonchev–Trinajstić information content (AvgIpc) is 4.03. The minimum Gasteiger partial charge on any atom is -0.308 e.